The third-order valence-electron chi connectivity index (χ3n) is 13.5. The number of hydrogen-bond donors (Lipinski definition) is 0. The first-order valence-corrected chi connectivity index (χ1v) is 23.1. The fraction of sp³-hybridized carbons (Fsp3) is 0. The maximum atomic E-state index is 10.5. The number of hydrogen-bond acceptors (Lipinski definition) is 4. The standard InChI is InChI=1S/C64H34N8/c1-68-51-22-14-45(15-23-51)49-18-27-58-53(35-49)54-36-50(46-16-24-52(69-2)25-17-46)19-28-59(54)71(58)62-26-9-42(39-67)32-57(62)64-63(4-3-31-70-64)72-60-29-20-47(43-10-5-40(37-65)6-11-43)33-55(60)56-34-48(21-30-61(56)72)44-12-7-41(38-66)8-13-44/h3-36H. The summed E-state index contributed by atoms with van der Waals surface area (Å²) >= 11 is 0. The van der Waals surface area contributed by atoms with Crippen molar-refractivity contribution >= 4 is 55.0 Å². The smallest absolute Gasteiger partial charge is 0.187 e. The number of fused-ring (bicyclic) bond motifs is 6. The van der Waals surface area contributed by atoms with Crippen LogP contribution in [-0.2, 0) is 0 Å². The van der Waals surface area contributed by atoms with Gasteiger partial charge >= 0.3 is 0 Å². The van der Waals surface area contributed by atoms with Crippen molar-refractivity contribution in [1.29, 1.82) is 15.8 Å². The average Bonchev–Trinajstić information content (AvgIpc) is 3.96. The van der Waals surface area contributed by atoms with Crippen LogP contribution in [0.3, 0.4) is 0 Å². The van der Waals surface area contributed by atoms with Gasteiger partial charge in [-0.15, -0.1) is 0 Å². The molecule has 0 N–H and O–H groups in total. The monoisotopic (exact) mass is 914 g/mol. The van der Waals surface area contributed by atoms with E-state index in [1.165, 1.54) is 0 Å². The first-order valence-electron chi connectivity index (χ1n) is 23.1. The zero-order valence-electron chi connectivity index (χ0n) is 38.2. The molecule has 0 saturated carbocycles. The summed E-state index contributed by atoms with van der Waals surface area (Å²) in [7, 11) is 0. The van der Waals surface area contributed by atoms with Crippen LogP contribution in [0.25, 0.3) is 120 Å². The Morgan fingerprint density at radius 3 is 1.08 bits per heavy atom. The molecule has 0 fully saturated rings. The molecule has 3 aromatic heterocycles. The molecule has 330 valence electrons. The number of rotatable bonds is 7. The van der Waals surface area contributed by atoms with Crippen molar-refractivity contribution in [2.24, 2.45) is 0 Å². The highest BCUT2D eigenvalue weighted by Gasteiger charge is 2.23. The lowest BCUT2D eigenvalue weighted by Crippen LogP contribution is -2.03. The van der Waals surface area contributed by atoms with Crippen molar-refractivity contribution in [3.63, 3.8) is 0 Å². The van der Waals surface area contributed by atoms with E-state index >= 15 is 0 Å². The number of pyridine rings is 1. The Hall–Kier alpha value is -10.8. The molecule has 0 amide bonds. The van der Waals surface area contributed by atoms with Crippen molar-refractivity contribution in [3.05, 3.63) is 246 Å². The Labute approximate surface area is 414 Å². The zero-order valence-corrected chi connectivity index (χ0v) is 38.2. The number of nitrogens with zero attached hydrogens (tertiary/aromatic N) is 8. The number of aromatic nitrogens is 3. The molecule has 0 aliphatic heterocycles. The van der Waals surface area contributed by atoms with Gasteiger partial charge in [-0.1, -0.05) is 97.1 Å². The molecule has 8 nitrogen and oxygen atoms in total. The third-order valence-corrected chi connectivity index (χ3v) is 13.5. The molecule has 0 unspecified atom stereocenters. The molecular formula is C64H34N8. The van der Waals surface area contributed by atoms with E-state index in [2.05, 4.69) is 116 Å². The van der Waals surface area contributed by atoms with Gasteiger partial charge in [-0.3, -0.25) is 4.98 Å². The van der Waals surface area contributed by atoms with E-state index in [1.54, 1.807) is 6.20 Å². The summed E-state index contributed by atoms with van der Waals surface area (Å²) in [6, 6.07) is 73.0. The quantitative estimate of drug-likeness (QED) is 0.149. The normalized spacial score (nSPS) is 11.0. The molecular weight excluding hydrogens is 881 g/mol. The van der Waals surface area contributed by atoms with Crippen LogP contribution in [0.1, 0.15) is 16.7 Å². The van der Waals surface area contributed by atoms with E-state index in [-0.39, 0.29) is 0 Å². The Balaban J connectivity index is 1.10. The number of benzene rings is 9. The largest absolute Gasteiger partial charge is 0.309 e. The van der Waals surface area contributed by atoms with Crippen molar-refractivity contribution in [1.82, 2.24) is 14.1 Å². The summed E-state index contributed by atoms with van der Waals surface area (Å²) in [5.74, 6) is 0. The molecule has 0 atom stereocenters. The van der Waals surface area contributed by atoms with Gasteiger partial charge in [0.15, 0.2) is 11.4 Å². The SMILES string of the molecule is [C-]#[N+]c1ccc(-c2ccc3c(c2)c2cc(-c4ccc([N+]#[C-])cc4)ccc2n3-c2ccc(C#N)cc2-c2ncccc2-n2c3ccc(-c4ccc(C#N)cc4)cc3c3cc(-c4ccc(C#N)cc4)ccc32)cc1. The number of nitriles is 3. The van der Waals surface area contributed by atoms with Crippen LogP contribution in [0, 0.1) is 47.1 Å². The predicted molar refractivity (Wildman–Crippen MR) is 287 cm³/mol. The minimum absolute atomic E-state index is 0.489. The molecule has 3 heterocycles. The first-order chi connectivity index (χ1) is 35.4. The Bertz CT molecular complexity index is 4180. The highest BCUT2D eigenvalue weighted by Crippen LogP contribution is 2.43. The second-order valence-electron chi connectivity index (χ2n) is 17.5. The van der Waals surface area contributed by atoms with Crippen molar-refractivity contribution in [2.45, 2.75) is 0 Å². The fourth-order valence-electron chi connectivity index (χ4n) is 9.99. The van der Waals surface area contributed by atoms with Crippen LogP contribution in [0.5, 0.6) is 0 Å². The van der Waals surface area contributed by atoms with E-state index in [0.717, 1.165) is 105 Å². The second kappa shape index (κ2) is 17.4. The van der Waals surface area contributed by atoms with E-state index in [0.29, 0.717) is 33.8 Å². The molecule has 0 aliphatic carbocycles. The molecule has 0 bridgehead atoms. The van der Waals surface area contributed by atoms with Gasteiger partial charge in [-0.05, 0) is 148 Å². The van der Waals surface area contributed by atoms with Crippen molar-refractivity contribution in [3.8, 4) is 85.3 Å². The van der Waals surface area contributed by atoms with Gasteiger partial charge in [0.05, 0.1) is 87.2 Å². The second-order valence-corrected chi connectivity index (χ2v) is 17.5. The molecule has 0 aliphatic rings. The average molecular weight is 915 g/mol. The third kappa shape index (κ3) is 7.17. The first kappa shape index (κ1) is 42.5. The van der Waals surface area contributed by atoms with Gasteiger partial charge < -0.3 is 9.13 Å². The fourth-order valence-corrected chi connectivity index (χ4v) is 9.99. The van der Waals surface area contributed by atoms with Gasteiger partial charge in [0.2, 0.25) is 0 Å². The van der Waals surface area contributed by atoms with Gasteiger partial charge in [0.1, 0.15) is 0 Å². The maximum Gasteiger partial charge on any atom is 0.187 e. The maximum absolute atomic E-state index is 10.5. The zero-order chi connectivity index (χ0) is 48.9. The molecule has 9 aromatic carbocycles. The molecule has 8 heteroatoms. The van der Waals surface area contributed by atoms with E-state index < -0.39 is 0 Å². The van der Waals surface area contributed by atoms with Crippen LogP contribution in [0.15, 0.2) is 206 Å². The van der Waals surface area contributed by atoms with E-state index in [4.69, 9.17) is 18.1 Å². The minimum atomic E-state index is 0.489. The van der Waals surface area contributed by atoms with E-state index in [1.807, 2.05) is 121 Å². The highest BCUT2D eigenvalue weighted by atomic mass is 15.0. The van der Waals surface area contributed by atoms with Gasteiger partial charge in [0, 0.05) is 33.3 Å². The van der Waals surface area contributed by atoms with Crippen LogP contribution in [0.4, 0.5) is 11.4 Å². The molecule has 12 aromatic rings. The minimum Gasteiger partial charge on any atom is -0.309 e. The lowest BCUT2D eigenvalue weighted by molar-refractivity contribution is 1.13. The topological polar surface area (TPSA) is 103 Å². The van der Waals surface area contributed by atoms with Crippen LogP contribution < -0.4 is 0 Å². The lowest BCUT2D eigenvalue weighted by Gasteiger charge is -2.18. The Morgan fingerprint density at radius 2 is 0.708 bits per heavy atom. The Kier molecular flexibility index (Phi) is 10.3. The molecule has 72 heavy (non-hydrogen) atoms. The van der Waals surface area contributed by atoms with Crippen LogP contribution in [-0.4, -0.2) is 14.1 Å². The van der Waals surface area contributed by atoms with Crippen LogP contribution >= 0.6 is 0 Å². The summed E-state index contributed by atoms with van der Waals surface area (Å²) in [6.45, 7) is 15.0. The van der Waals surface area contributed by atoms with Crippen LogP contribution in [0.2, 0.25) is 0 Å². The summed E-state index contributed by atoms with van der Waals surface area (Å²) in [5.41, 5.74) is 17.7. The summed E-state index contributed by atoms with van der Waals surface area (Å²) in [6.07, 6.45) is 1.80. The predicted octanol–water partition coefficient (Wildman–Crippen LogP) is 16.3. The van der Waals surface area contributed by atoms with Crippen molar-refractivity contribution < 1.29 is 0 Å². The molecule has 12 rings (SSSR count). The van der Waals surface area contributed by atoms with Crippen molar-refractivity contribution in [2.75, 3.05) is 0 Å². The van der Waals surface area contributed by atoms with E-state index in [9.17, 15) is 15.8 Å². The lowest BCUT2D eigenvalue weighted by atomic mass is 9.99. The van der Waals surface area contributed by atoms with Gasteiger partial charge in [-0.2, -0.15) is 15.8 Å². The summed E-state index contributed by atoms with van der Waals surface area (Å²) in [4.78, 5) is 12.4. The molecule has 0 saturated heterocycles. The Morgan fingerprint density at radius 1 is 0.361 bits per heavy atom. The highest BCUT2D eigenvalue weighted by molar-refractivity contribution is 6.14. The summed E-state index contributed by atoms with van der Waals surface area (Å²) in [5, 5.41) is 33.7. The van der Waals surface area contributed by atoms with Gasteiger partial charge in [-0.25, -0.2) is 9.69 Å². The summed E-state index contributed by atoms with van der Waals surface area (Å²) < 4.78 is 4.51. The van der Waals surface area contributed by atoms with Gasteiger partial charge in [0.25, 0.3) is 0 Å². The molecule has 0 spiro atoms. The molecule has 0 radical (unpaired) electrons.